The largest absolute Gasteiger partial charge is 0.354 e. The second kappa shape index (κ2) is 9.90. The second-order valence-corrected chi connectivity index (χ2v) is 9.90. The zero-order valence-electron chi connectivity index (χ0n) is 18.2. The molecule has 27 heavy (non-hydrogen) atoms. The van der Waals surface area contributed by atoms with Gasteiger partial charge in [-0.15, -0.1) is 0 Å². The smallest absolute Gasteiger partial charge is 0.237 e. The van der Waals surface area contributed by atoms with Crippen LogP contribution in [0.25, 0.3) is 0 Å². The van der Waals surface area contributed by atoms with E-state index in [1.165, 1.54) is 12.8 Å². The molecule has 156 valence electrons. The van der Waals surface area contributed by atoms with Gasteiger partial charge in [0.05, 0.1) is 6.04 Å². The van der Waals surface area contributed by atoms with Crippen molar-refractivity contribution in [3.05, 3.63) is 0 Å². The lowest BCUT2D eigenvalue weighted by Crippen LogP contribution is -2.58. The average Bonchev–Trinajstić information content (AvgIpc) is 3.13. The number of nitrogens with zero attached hydrogens (tertiary/aromatic N) is 2. The van der Waals surface area contributed by atoms with E-state index in [9.17, 15) is 9.59 Å². The third-order valence-corrected chi connectivity index (χ3v) is 6.18. The number of piperazine rings is 1. The van der Waals surface area contributed by atoms with E-state index < -0.39 is 0 Å². The van der Waals surface area contributed by atoms with Crippen LogP contribution in [0.4, 0.5) is 0 Å². The zero-order valence-corrected chi connectivity index (χ0v) is 18.2. The quantitative estimate of drug-likeness (QED) is 0.738. The topological polar surface area (TPSA) is 52.7 Å². The summed E-state index contributed by atoms with van der Waals surface area (Å²) < 4.78 is 0. The molecule has 2 aliphatic rings. The molecule has 2 rings (SSSR count). The number of hydrogen-bond donors (Lipinski definition) is 1. The van der Waals surface area contributed by atoms with Crippen molar-refractivity contribution in [1.29, 1.82) is 0 Å². The summed E-state index contributed by atoms with van der Waals surface area (Å²) in [5.41, 5.74) is 0.0243. The summed E-state index contributed by atoms with van der Waals surface area (Å²) in [4.78, 5) is 29.9. The van der Waals surface area contributed by atoms with Crippen molar-refractivity contribution in [1.82, 2.24) is 15.1 Å². The Morgan fingerprint density at radius 3 is 2.19 bits per heavy atom. The van der Waals surface area contributed by atoms with Gasteiger partial charge in [0.2, 0.25) is 11.8 Å². The van der Waals surface area contributed by atoms with Crippen molar-refractivity contribution in [3.63, 3.8) is 0 Å². The SMILES string of the molecule is CC[C@H](C)CNC(=O)[C@@H](C1CCCC1)N1CCN(C(=O)CC(C)(C)C)CC1. The van der Waals surface area contributed by atoms with Gasteiger partial charge >= 0.3 is 0 Å². The molecule has 1 saturated carbocycles. The fourth-order valence-electron chi connectivity index (χ4n) is 4.29. The first kappa shape index (κ1) is 22.2. The van der Waals surface area contributed by atoms with Gasteiger partial charge in [0.1, 0.15) is 0 Å². The maximum atomic E-state index is 13.0. The summed E-state index contributed by atoms with van der Waals surface area (Å²) in [6.45, 7) is 14.6. The molecule has 0 radical (unpaired) electrons. The molecule has 2 fully saturated rings. The van der Waals surface area contributed by atoms with Gasteiger partial charge in [0.15, 0.2) is 0 Å². The number of nitrogens with one attached hydrogen (secondary N) is 1. The van der Waals surface area contributed by atoms with Gasteiger partial charge in [-0.25, -0.2) is 0 Å². The molecule has 0 aromatic rings. The van der Waals surface area contributed by atoms with Crippen molar-refractivity contribution in [2.24, 2.45) is 17.3 Å². The van der Waals surface area contributed by atoms with Gasteiger partial charge in [-0.1, -0.05) is 53.9 Å². The van der Waals surface area contributed by atoms with E-state index in [-0.39, 0.29) is 23.3 Å². The highest BCUT2D eigenvalue weighted by Crippen LogP contribution is 2.31. The van der Waals surface area contributed by atoms with Crippen LogP contribution in [0.15, 0.2) is 0 Å². The van der Waals surface area contributed by atoms with Crippen LogP contribution < -0.4 is 5.32 Å². The van der Waals surface area contributed by atoms with Gasteiger partial charge in [-0.05, 0) is 30.1 Å². The number of carbonyl (C=O) groups is 2. The maximum Gasteiger partial charge on any atom is 0.237 e. The molecule has 0 bridgehead atoms. The minimum atomic E-state index is -0.0172. The molecule has 2 atom stereocenters. The Hall–Kier alpha value is -1.10. The summed E-state index contributed by atoms with van der Waals surface area (Å²) >= 11 is 0. The first-order valence-corrected chi connectivity index (χ1v) is 11.0. The highest BCUT2D eigenvalue weighted by atomic mass is 16.2. The molecular formula is C22H41N3O2. The van der Waals surface area contributed by atoms with E-state index in [1.54, 1.807) is 0 Å². The van der Waals surface area contributed by atoms with Gasteiger partial charge in [-0.3, -0.25) is 14.5 Å². The maximum absolute atomic E-state index is 13.0. The van der Waals surface area contributed by atoms with Gasteiger partial charge in [-0.2, -0.15) is 0 Å². The Morgan fingerprint density at radius 2 is 1.67 bits per heavy atom. The van der Waals surface area contributed by atoms with Crippen LogP contribution in [0.1, 0.15) is 73.1 Å². The minimum Gasteiger partial charge on any atom is -0.354 e. The summed E-state index contributed by atoms with van der Waals surface area (Å²) in [5, 5.41) is 3.21. The summed E-state index contributed by atoms with van der Waals surface area (Å²) in [6.07, 6.45) is 6.47. The number of carbonyl (C=O) groups excluding carboxylic acids is 2. The lowest BCUT2D eigenvalue weighted by Gasteiger charge is -2.41. The van der Waals surface area contributed by atoms with Crippen molar-refractivity contribution < 1.29 is 9.59 Å². The van der Waals surface area contributed by atoms with Gasteiger partial charge in [0, 0.05) is 39.1 Å². The van der Waals surface area contributed by atoms with E-state index in [2.05, 4.69) is 44.8 Å². The molecule has 0 spiro atoms. The van der Waals surface area contributed by atoms with E-state index in [0.717, 1.165) is 52.0 Å². The highest BCUT2D eigenvalue weighted by molar-refractivity contribution is 5.82. The first-order chi connectivity index (χ1) is 12.7. The Balaban J connectivity index is 1.94. The Kier molecular flexibility index (Phi) is 8.14. The monoisotopic (exact) mass is 379 g/mol. The van der Waals surface area contributed by atoms with Crippen LogP contribution in [-0.4, -0.2) is 60.4 Å². The molecule has 0 aromatic heterocycles. The van der Waals surface area contributed by atoms with Crippen molar-refractivity contribution in [2.45, 2.75) is 79.2 Å². The number of amides is 2. The van der Waals surface area contributed by atoms with Crippen molar-refractivity contribution in [2.75, 3.05) is 32.7 Å². The third-order valence-electron chi connectivity index (χ3n) is 6.18. The number of rotatable bonds is 7. The summed E-state index contributed by atoms with van der Waals surface area (Å²) in [5.74, 6) is 1.45. The number of hydrogen-bond acceptors (Lipinski definition) is 3. The van der Waals surface area contributed by atoms with Crippen LogP contribution in [0.5, 0.6) is 0 Å². The fraction of sp³-hybridized carbons (Fsp3) is 0.909. The van der Waals surface area contributed by atoms with Crippen LogP contribution in [0.3, 0.4) is 0 Å². The second-order valence-electron chi connectivity index (χ2n) is 9.90. The Morgan fingerprint density at radius 1 is 1.07 bits per heavy atom. The zero-order chi connectivity index (χ0) is 20.0. The van der Waals surface area contributed by atoms with E-state index >= 15 is 0 Å². The first-order valence-electron chi connectivity index (χ1n) is 11.0. The minimum absolute atomic E-state index is 0.0172. The Labute approximate surface area is 166 Å². The predicted molar refractivity (Wildman–Crippen MR) is 110 cm³/mol. The normalized spacial score (nSPS) is 21.9. The summed E-state index contributed by atoms with van der Waals surface area (Å²) in [7, 11) is 0. The molecule has 1 aliphatic carbocycles. The predicted octanol–water partition coefficient (Wildman–Crippen LogP) is 3.29. The van der Waals surface area contributed by atoms with E-state index in [4.69, 9.17) is 0 Å². The van der Waals surface area contributed by atoms with Crippen LogP contribution >= 0.6 is 0 Å². The molecular weight excluding hydrogens is 338 g/mol. The van der Waals surface area contributed by atoms with Crippen LogP contribution in [0.2, 0.25) is 0 Å². The van der Waals surface area contributed by atoms with Crippen LogP contribution in [-0.2, 0) is 9.59 Å². The summed E-state index contributed by atoms with van der Waals surface area (Å²) in [6, 6.07) is -0.0172. The van der Waals surface area contributed by atoms with E-state index in [1.807, 2.05) is 4.90 Å². The molecule has 2 amide bonds. The lowest BCUT2D eigenvalue weighted by molar-refractivity contribution is -0.136. The van der Waals surface area contributed by atoms with Gasteiger partial charge in [0.25, 0.3) is 0 Å². The molecule has 5 nitrogen and oxygen atoms in total. The average molecular weight is 380 g/mol. The molecule has 5 heteroatoms. The van der Waals surface area contributed by atoms with Gasteiger partial charge < -0.3 is 10.2 Å². The lowest BCUT2D eigenvalue weighted by atomic mass is 9.91. The molecule has 1 aliphatic heterocycles. The molecule has 0 unspecified atom stereocenters. The highest BCUT2D eigenvalue weighted by Gasteiger charge is 2.37. The molecule has 1 N–H and O–H groups in total. The van der Waals surface area contributed by atoms with Crippen LogP contribution in [0, 0.1) is 17.3 Å². The van der Waals surface area contributed by atoms with Crippen molar-refractivity contribution >= 4 is 11.8 Å². The molecule has 0 aromatic carbocycles. The third kappa shape index (κ3) is 6.78. The Bertz CT molecular complexity index is 486. The standard InChI is InChI=1S/C22H41N3O2/c1-6-17(2)16-23-21(27)20(18-9-7-8-10-18)25-13-11-24(12-14-25)19(26)15-22(3,4)5/h17-18,20H,6-16H2,1-5H3,(H,23,27)/t17-,20+/m0/s1. The molecule has 1 saturated heterocycles. The fourth-order valence-corrected chi connectivity index (χ4v) is 4.29. The van der Waals surface area contributed by atoms with Crippen molar-refractivity contribution in [3.8, 4) is 0 Å². The van der Waals surface area contributed by atoms with E-state index in [0.29, 0.717) is 18.3 Å². The molecule has 1 heterocycles.